The third-order valence-corrected chi connectivity index (χ3v) is 3.46. The molecule has 1 fully saturated rings. The van der Waals surface area contributed by atoms with Crippen LogP contribution in [0.25, 0.3) is 0 Å². The maximum Gasteiger partial charge on any atom is 0.0757 e. The van der Waals surface area contributed by atoms with Crippen LogP contribution in [-0.4, -0.2) is 47.3 Å². The molecule has 0 aromatic rings. The first-order chi connectivity index (χ1) is 6.33. The molecule has 1 rings (SSSR count). The van der Waals surface area contributed by atoms with Crippen molar-refractivity contribution < 1.29 is 5.11 Å². The number of piperidine rings is 1. The molecule has 0 spiro atoms. The molecule has 1 atom stereocenters. The lowest BCUT2D eigenvalue weighted by Crippen LogP contribution is -2.37. The van der Waals surface area contributed by atoms with Crippen LogP contribution in [0.3, 0.4) is 0 Å². The van der Waals surface area contributed by atoms with Crippen LogP contribution in [0.2, 0.25) is 0 Å². The Morgan fingerprint density at radius 1 is 1.31 bits per heavy atom. The van der Waals surface area contributed by atoms with E-state index < -0.39 is 0 Å². The Kier molecular flexibility index (Phi) is 5.83. The zero-order valence-electron chi connectivity index (χ0n) is 8.54. The summed E-state index contributed by atoms with van der Waals surface area (Å²) in [4.78, 5) is 2.39. The van der Waals surface area contributed by atoms with E-state index in [0.717, 1.165) is 18.1 Å². The van der Waals surface area contributed by atoms with E-state index in [1.54, 1.807) is 0 Å². The minimum absolute atomic E-state index is 0.122. The Balaban J connectivity index is 2.07. The molecule has 0 aromatic carbocycles. The number of aliphatic hydroxyl groups is 1. The lowest BCUT2D eigenvalue weighted by atomic mass is 10.1. The molecule has 2 nitrogen and oxygen atoms in total. The molecule has 1 unspecified atom stereocenters. The maximum atomic E-state index is 9.67. The summed E-state index contributed by atoms with van der Waals surface area (Å²) in [6, 6.07) is 0. The van der Waals surface area contributed by atoms with E-state index in [1.807, 2.05) is 11.8 Å². The molecule has 0 bridgehead atoms. The molecule has 78 valence electrons. The van der Waals surface area contributed by atoms with Crippen LogP contribution in [0, 0.1) is 0 Å². The summed E-state index contributed by atoms with van der Waals surface area (Å²) >= 11 is 1.83. The second-order valence-electron chi connectivity index (χ2n) is 3.67. The lowest BCUT2D eigenvalue weighted by molar-refractivity contribution is 0.117. The van der Waals surface area contributed by atoms with E-state index in [4.69, 9.17) is 0 Å². The lowest BCUT2D eigenvalue weighted by Gasteiger charge is -2.28. The minimum atomic E-state index is -0.122. The van der Waals surface area contributed by atoms with E-state index in [0.29, 0.717) is 0 Å². The topological polar surface area (TPSA) is 23.5 Å². The van der Waals surface area contributed by atoms with Crippen molar-refractivity contribution in [2.45, 2.75) is 32.3 Å². The van der Waals surface area contributed by atoms with Gasteiger partial charge in [-0.1, -0.05) is 13.3 Å². The number of thioether (sulfide) groups is 1. The van der Waals surface area contributed by atoms with Crippen LogP contribution in [0.5, 0.6) is 0 Å². The minimum Gasteiger partial charge on any atom is -0.391 e. The number of hydrogen-bond acceptors (Lipinski definition) is 3. The van der Waals surface area contributed by atoms with Gasteiger partial charge in [-0.15, -0.1) is 0 Å². The molecule has 0 aromatic heterocycles. The summed E-state index contributed by atoms with van der Waals surface area (Å²) in [6.07, 6.45) is 3.88. The van der Waals surface area contributed by atoms with Gasteiger partial charge in [-0.3, -0.25) is 0 Å². The van der Waals surface area contributed by atoms with Crippen molar-refractivity contribution in [3.63, 3.8) is 0 Å². The second kappa shape index (κ2) is 6.68. The number of rotatable bonds is 5. The van der Waals surface area contributed by atoms with Crippen molar-refractivity contribution in [2.75, 3.05) is 31.1 Å². The number of likely N-dealkylation sites (tertiary alicyclic amines) is 1. The molecule has 0 amide bonds. The van der Waals surface area contributed by atoms with Crippen molar-refractivity contribution in [3.05, 3.63) is 0 Å². The zero-order chi connectivity index (χ0) is 9.52. The SMILES string of the molecule is CCSCC(O)CN1CCCCC1. The number of nitrogens with zero attached hydrogens (tertiary/aromatic N) is 1. The predicted octanol–water partition coefficient (Wildman–Crippen LogP) is 1.59. The van der Waals surface area contributed by atoms with Crippen LogP contribution in [0.4, 0.5) is 0 Å². The molecule has 0 radical (unpaired) electrons. The Bertz CT molecular complexity index is 126. The van der Waals surface area contributed by atoms with Gasteiger partial charge < -0.3 is 10.0 Å². The monoisotopic (exact) mass is 203 g/mol. The van der Waals surface area contributed by atoms with Crippen LogP contribution in [-0.2, 0) is 0 Å². The van der Waals surface area contributed by atoms with Gasteiger partial charge in [0.25, 0.3) is 0 Å². The van der Waals surface area contributed by atoms with Crippen LogP contribution >= 0.6 is 11.8 Å². The van der Waals surface area contributed by atoms with Crippen molar-refractivity contribution >= 4 is 11.8 Å². The highest BCUT2D eigenvalue weighted by atomic mass is 32.2. The first-order valence-electron chi connectivity index (χ1n) is 5.31. The average molecular weight is 203 g/mol. The number of β-amino-alcohol motifs (C(OH)–C–C–N with tert-alkyl or cyclic N) is 1. The van der Waals surface area contributed by atoms with Gasteiger partial charge in [0.2, 0.25) is 0 Å². The van der Waals surface area contributed by atoms with Crippen molar-refractivity contribution in [1.29, 1.82) is 0 Å². The predicted molar refractivity (Wildman–Crippen MR) is 59.3 cm³/mol. The molecule has 3 heteroatoms. The van der Waals surface area contributed by atoms with Gasteiger partial charge in [0.05, 0.1) is 6.10 Å². The summed E-state index contributed by atoms with van der Waals surface area (Å²) in [6.45, 7) is 5.40. The molecule has 1 heterocycles. The van der Waals surface area contributed by atoms with Gasteiger partial charge in [-0.2, -0.15) is 11.8 Å². The fourth-order valence-electron chi connectivity index (χ4n) is 1.75. The van der Waals surface area contributed by atoms with Gasteiger partial charge in [0, 0.05) is 12.3 Å². The number of hydrogen-bond donors (Lipinski definition) is 1. The molecule has 0 saturated carbocycles. The first-order valence-corrected chi connectivity index (χ1v) is 6.46. The van der Waals surface area contributed by atoms with Gasteiger partial charge >= 0.3 is 0 Å². The summed E-state index contributed by atoms with van der Waals surface area (Å²) < 4.78 is 0. The van der Waals surface area contributed by atoms with Crippen LogP contribution < -0.4 is 0 Å². The van der Waals surface area contributed by atoms with E-state index in [1.165, 1.54) is 32.4 Å². The molecule has 1 N–H and O–H groups in total. The van der Waals surface area contributed by atoms with E-state index in [2.05, 4.69) is 11.8 Å². The summed E-state index contributed by atoms with van der Waals surface area (Å²) in [7, 11) is 0. The number of aliphatic hydroxyl groups excluding tert-OH is 1. The standard InChI is InChI=1S/C10H21NOS/c1-2-13-9-10(12)8-11-6-4-3-5-7-11/h10,12H,2-9H2,1H3. The van der Waals surface area contributed by atoms with Crippen molar-refractivity contribution in [1.82, 2.24) is 4.90 Å². The Morgan fingerprint density at radius 2 is 2.00 bits per heavy atom. The Labute approximate surface area is 85.7 Å². The molecule has 0 aliphatic carbocycles. The fraction of sp³-hybridized carbons (Fsp3) is 1.00. The summed E-state index contributed by atoms with van der Waals surface area (Å²) in [5.74, 6) is 2.00. The average Bonchev–Trinajstić information content (AvgIpc) is 2.16. The van der Waals surface area contributed by atoms with E-state index >= 15 is 0 Å². The van der Waals surface area contributed by atoms with E-state index in [9.17, 15) is 5.11 Å². The highest BCUT2D eigenvalue weighted by molar-refractivity contribution is 7.99. The van der Waals surface area contributed by atoms with Crippen LogP contribution in [0.1, 0.15) is 26.2 Å². The van der Waals surface area contributed by atoms with Crippen LogP contribution in [0.15, 0.2) is 0 Å². The normalized spacial score (nSPS) is 21.7. The smallest absolute Gasteiger partial charge is 0.0757 e. The van der Waals surface area contributed by atoms with Gasteiger partial charge in [0.1, 0.15) is 0 Å². The molecule has 1 aliphatic heterocycles. The van der Waals surface area contributed by atoms with Gasteiger partial charge in [-0.05, 0) is 31.7 Å². The zero-order valence-corrected chi connectivity index (χ0v) is 9.35. The fourth-order valence-corrected chi connectivity index (χ4v) is 2.36. The third-order valence-electron chi connectivity index (χ3n) is 2.43. The van der Waals surface area contributed by atoms with E-state index in [-0.39, 0.29) is 6.10 Å². The molecular weight excluding hydrogens is 182 g/mol. The second-order valence-corrected chi connectivity index (χ2v) is 4.99. The summed E-state index contributed by atoms with van der Waals surface area (Å²) in [5, 5.41) is 9.67. The molecule has 1 saturated heterocycles. The third kappa shape index (κ3) is 4.89. The van der Waals surface area contributed by atoms with Crippen molar-refractivity contribution in [2.24, 2.45) is 0 Å². The Hall–Kier alpha value is 0.270. The largest absolute Gasteiger partial charge is 0.391 e. The quantitative estimate of drug-likeness (QED) is 0.734. The Morgan fingerprint density at radius 3 is 2.62 bits per heavy atom. The van der Waals surface area contributed by atoms with Gasteiger partial charge in [0.15, 0.2) is 0 Å². The molecular formula is C10H21NOS. The molecule has 13 heavy (non-hydrogen) atoms. The summed E-state index contributed by atoms with van der Waals surface area (Å²) in [5.41, 5.74) is 0. The van der Waals surface area contributed by atoms with Crippen molar-refractivity contribution in [3.8, 4) is 0 Å². The maximum absolute atomic E-state index is 9.67. The van der Waals surface area contributed by atoms with Gasteiger partial charge in [-0.25, -0.2) is 0 Å². The molecule has 1 aliphatic rings. The highest BCUT2D eigenvalue weighted by Crippen LogP contribution is 2.10. The highest BCUT2D eigenvalue weighted by Gasteiger charge is 2.13. The first kappa shape index (κ1) is 11.3.